The molecule has 2 rings (SSSR count). The molecule has 102 valence electrons. The lowest BCUT2D eigenvalue weighted by Crippen LogP contribution is -2.08. The molecule has 0 unspecified atom stereocenters. The molecule has 0 aliphatic rings. The Morgan fingerprint density at radius 2 is 1.95 bits per heavy atom. The fraction of sp³-hybridized carbons (Fsp3) is 0.0769. The average Bonchev–Trinajstić information content (AvgIpc) is 2.40. The van der Waals surface area contributed by atoms with Crippen LogP contribution in [0, 0.1) is 11.3 Å². The molecule has 0 aliphatic heterocycles. The van der Waals surface area contributed by atoms with Gasteiger partial charge in [0, 0.05) is 18.0 Å². The van der Waals surface area contributed by atoms with Crippen molar-refractivity contribution in [3.63, 3.8) is 0 Å². The summed E-state index contributed by atoms with van der Waals surface area (Å²) in [6.07, 6.45) is -3.32. The molecule has 0 fully saturated rings. The molecule has 0 spiro atoms. The Bertz CT molecular complexity index is 677. The van der Waals surface area contributed by atoms with E-state index in [0.717, 1.165) is 12.1 Å². The van der Waals surface area contributed by atoms with Gasteiger partial charge < -0.3 is 10.5 Å². The van der Waals surface area contributed by atoms with Crippen molar-refractivity contribution in [3.05, 3.63) is 47.7 Å². The number of benzene rings is 1. The molecule has 7 heteroatoms. The van der Waals surface area contributed by atoms with Crippen molar-refractivity contribution in [3.8, 4) is 17.7 Å². The van der Waals surface area contributed by atoms with Crippen LogP contribution in [0.2, 0.25) is 0 Å². The Kier molecular flexibility index (Phi) is 3.48. The van der Waals surface area contributed by atoms with Gasteiger partial charge >= 0.3 is 6.18 Å². The summed E-state index contributed by atoms with van der Waals surface area (Å²) >= 11 is 0. The van der Waals surface area contributed by atoms with E-state index in [-0.39, 0.29) is 17.1 Å². The maximum Gasteiger partial charge on any atom is 0.420 e. The van der Waals surface area contributed by atoms with E-state index in [9.17, 15) is 13.2 Å². The van der Waals surface area contributed by atoms with E-state index in [0.29, 0.717) is 0 Å². The molecule has 1 heterocycles. The molecule has 0 saturated heterocycles. The number of nitrogen functional groups attached to an aromatic ring is 1. The lowest BCUT2D eigenvalue weighted by molar-refractivity contribution is -0.138. The van der Waals surface area contributed by atoms with Crippen LogP contribution in [-0.2, 0) is 6.18 Å². The molecule has 20 heavy (non-hydrogen) atoms. The Labute approximate surface area is 112 Å². The summed E-state index contributed by atoms with van der Waals surface area (Å²) in [7, 11) is 0. The van der Waals surface area contributed by atoms with Gasteiger partial charge in [0.15, 0.2) is 0 Å². The zero-order chi connectivity index (χ0) is 14.8. The number of ether oxygens (including phenoxy) is 1. The van der Waals surface area contributed by atoms with Gasteiger partial charge in [0.2, 0.25) is 5.88 Å². The fourth-order valence-corrected chi connectivity index (χ4v) is 1.51. The second-order valence-electron chi connectivity index (χ2n) is 3.85. The zero-order valence-corrected chi connectivity index (χ0v) is 9.98. The van der Waals surface area contributed by atoms with Gasteiger partial charge in [-0.05, 0) is 24.3 Å². The Hall–Kier alpha value is -2.75. The SMILES string of the molecule is N#Cc1ccnc(Oc2ccc(N)cc2C(F)(F)F)c1. The lowest BCUT2D eigenvalue weighted by atomic mass is 10.1. The summed E-state index contributed by atoms with van der Waals surface area (Å²) in [5.41, 5.74) is 4.56. The Morgan fingerprint density at radius 1 is 1.20 bits per heavy atom. The number of nitriles is 1. The molecule has 4 nitrogen and oxygen atoms in total. The van der Waals surface area contributed by atoms with Crippen LogP contribution in [-0.4, -0.2) is 4.98 Å². The third-order valence-electron chi connectivity index (χ3n) is 2.39. The number of nitrogens with zero attached hydrogens (tertiary/aromatic N) is 2. The maximum atomic E-state index is 12.9. The molecule has 1 aromatic carbocycles. The molecule has 1 aromatic heterocycles. The number of hydrogen-bond donors (Lipinski definition) is 1. The van der Waals surface area contributed by atoms with Crippen LogP contribution in [0.1, 0.15) is 11.1 Å². The first-order chi connectivity index (χ1) is 9.40. The number of anilines is 1. The van der Waals surface area contributed by atoms with Crippen LogP contribution in [0.5, 0.6) is 11.6 Å². The summed E-state index contributed by atoms with van der Waals surface area (Å²) in [6.45, 7) is 0. The normalized spacial score (nSPS) is 10.9. The molecule has 2 N–H and O–H groups in total. The minimum absolute atomic E-state index is 0.0246. The number of rotatable bonds is 2. The highest BCUT2D eigenvalue weighted by Gasteiger charge is 2.34. The molecule has 0 bridgehead atoms. The molecule has 0 radical (unpaired) electrons. The van der Waals surface area contributed by atoms with Crippen LogP contribution in [0.4, 0.5) is 18.9 Å². The zero-order valence-electron chi connectivity index (χ0n) is 9.98. The van der Waals surface area contributed by atoms with Crippen LogP contribution >= 0.6 is 0 Å². The smallest absolute Gasteiger partial charge is 0.420 e. The average molecular weight is 279 g/mol. The van der Waals surface area contributed by atoms with E-state index in [1.165, 1.54) is 24.4 Å². The minimum atomic E-state index is -4.60. The van der Waals surface area contributed by atoms with Gasteiger partial charge in [0.25, 0.3) is 0 Å². The second kappa shape index (κ2) is 5.09. The van der Waals surface area contributed by atoms with E-state index >= 15 is 0 Å². The van der Waals surface area contributed by atoms with Gasteiger partial charge in [0.05, 0.1) is 11.6 Å². The third-order valence-corrected chi connectivity index (χ3v) is 2.39. The van der Waals surface area contributed by atoms with Gasteiger partial charge in [-0.15, -0.1) is 0 Å². The summed E-state index contributed by atoms with van der Waals surface area (Å²) in [4.78, 5) is 3.76. The van der Waals surface area contributed by atoms with Crippen molar-refractivity contribution in [2.24, 2.45) is 0 Å². The standard InChI is InChI=1S/C13H8F3N3O/c14-13(15,16)10-6-9(18)1-2-11(10)20-12-5-8(7-17)3-4-19-12/h1-6H,18H2. The monoisotopic (exact) mass is 279 g/mol. The molecular formula is C13H8F3N3O. The molecule has 2 aromatic rings. The van der Waals surface area contributed by atoms with E-state index in [1.54, 1.807) is 0 Å². The summed E-state index contributed by atoms with van der Waals surface area (Å²) < 4.78 is 43.7. The van der Waals surface area contributed by atoms with Gasteiger partial charge in [0.1, 0.15) is 11.3 Å². The van der Waals surface area contributed by atoms with Crippen molar-refractivity contribution >= 4 is 5.69 Å². The summed E-state index contributed by atoms with van der Waals surface area (Å²) in [5.74, 6) is -0.520. The van der Waals surface area contributed by atoms with Gasteiger partial charge in [-0.1, -0.05) is 0 Å². The largest absolute Gasteiger partial charge is 0.438 e. The van der Waals surface area contributed by atoms with E-state index in [4.69, 9.17) is 15.7 Å². The van der Waals surface area contributed by atoms with Gasteiger partial charge in [-0.3, -0.25) is 0 Å². The predicted molar refractivity (Wildman–Crippen MR) is 64.9 cm³/mol. The highest BCUT2D eigenvalue weighted by atomic mass is 19.4. The molecule has 0 amide bonds. The highest BCUT2D eigenvalue weighted by molar-refractivity contribution is 5.50. The minimum Gasteiger partial charge on any atom is -0.438 e. The molecule has 0 aliphatic carbocycles. The Morgan fingerprint density at radius 3 is 2.60 bits per heavy atom. The van der Waals surface area contributed by atoms with Crippen molar-refractivity contribution in [2.75, 3.05) is 5.73 Å². The number of pyridine rings is 1. The highest BCUT2D eigenvalue weighted by Crippen LogP contribution is 2.38. The van der Waals surface area contributed by atoms with Gasteiger partial charge in [-0.25, -0.2) is 4.98 Å². The van der Waals surface area contributed by atoms with E-state index in [2.05, 4.69) is 4.98 Å². The fourth-order valence-electron chi connectivity index (χ4n) is 1.51. The first-order valence-corrected chi connectivity index (χ1v) is 5.41. The van der Waals surface area contributed by atoms with Crippen LogP contribution < -0.4 is 10.5 Å². The summed E-state index contributed by atoms with van der Waals surface area (Å²) in [6, 6.07) is 7.69. The van der Waals surface area contributed by atoms with Crippen molar-refractivity contribution in [2.45, 2.75) is 6.18 Å². The van der Waals surface area contributed by atoms with E-state index < -0.39 is 17.5 Å². The second-order valence-corrected chi connectivity index (χ2v) is 3.85. The number of hydrogen-bond acceptors (Lipinski definition) is 4. The van der Waals surface area contributed by atoms with Crippen molar-refractivity contribution in [1.29, 1.82) is 5.26 Å². The quantitative estimate of drug-likeness (QED) is 0.856. The number of alkyl halides is 3. The first kappa shape index (κ1) is 13.7. The molecule has 0 saturated carbocycles. The number of aromatic nitrogens is 1. The third kappa shape index (κ3) is 2.98. The van der Waals surface area contributed by atoms with Crippen molar-refractivity contribution in [1.82, 2.24) is 4.98 Å². The Balaban J connectivity index is 2.41. The van der Waals surface area contributed by atoms with Crippen LogP contribution in [0.15, 0.2) is 36.5 Å². The number of nitrogens with two attached hydrogens (primary N) is 1. The van der Waals surface area contributed by atoms with E-state index in [1.807, 2.05) is 6.07 Å². The lowest BCUT2D eigenvalue weighted by Gasteiger charge is -2.13. The van der Waals surface area contributed by atoms with Crippen LogP contribution in [0.25, 0.3) is 0 Å². The topological polar surface area (TPSA) is 71.9 Å². The maximum absolute atomic E-state index is 12.9. The van der Waals surface area contributed by atoms with Crippen LogP contribution in [0.3, 0.4) is 0 Å². The molecule has 0 atom stereocenters. The predicted octanol–water partition coefficient (Wildman–Crippen LogP) is 3.35. The van der Waals surface area contributed by atoms with Crippen molar-refractivity contribution < 1.29 is 17.9 Å². The van der Waals surface area contributed by atoms with Gasteiger partial charge in [-0.2, -0.15) is 18.4 Å². The first-order valence-electron chi connectivity index (χ1n) is 5.41. The summed E-state index contributed by atoms with van der Waals surface area (Å²) in [5, 5.41) is 8.72. The molecular weight excluding hydrogens is 271 g/mol. The number of halogens is 3.